The second-order valence-electron chi connectivity index (χ2n) is 5.29. The summed E-state index contributed by atoms with van der Waals surface area (Å²) >= 11 is 0. The van der Waals surface area contributed by atoms with Gasteiger partial charge < -0.3 is 5.32 Å². The fourth-order valence-corrected chi connectivity index (χ4v) is 3.31. The molecule has 1 unspecified atom stereocenters. The van der Waals surface area contributed by atoms with Gasteiger partial charge in [0.2, 0.25) is 5.91 Å². The van der Waals surface area contributed by atoms with Crippen LogP contribution in [-0.4, -0.2) is 49.9 Å². The Kier molecular flexibility index (Phi) is 7.08. The standard InChI is InChI=1S/C15H22F2N2O3S/c1-4-19(11(3)10-23(21,22)5-2)9-15(20)18-12-6-7-13(16)14(17)8-12/h6-8,11H,4-5,9-10H2,1-3H3,(H,18,20). The zero-order valence-electron chi connectivity index (χ0n) is 13.5. The Balaban J connectivity index is 2.67. The Labute approximate surface area is 135 Å². The summed E-state index contributed by atoms with van der Waals surface area (Å²) in [6, 6.07) is 2.77. The molecular weight excluding hydrogens is 326 g/mol. The van der Waals surface area contributed by atoms with Gasteiger partial charge in [-0.25, -0.2) is 17.2 Å². The number of anilines is 1. The quantitative estimate of drug-likeness (QED) is 0.781. The van der Waals surface area contributed by atoms with Gasteiger partial charge in [-0.05, 0) is 25.6 Å². The first-order chi connectivity index (χ1) is 10.7. The monoisotopic (exact) mass is 348 g/mol. The van der Waals surface area contributed by atoms with Gasteiger partial charge in [0.1, 0.15) is 0 Å². The highest BCUT2D eigenvalue weighted by Gasteiger charge is 2.21. The van der Waals surface area contributed by atoms with Crippen molar-refractivity contribution in [3.8, 4) is 0 Å². The fourth-order valence-electron chi connectivity index (χ4n) is 2.13. The zero-order valence-corrected chi connectivity index (χ0v) is 14.3. The molecule has 0 fully saturated rings. The van der Waals surface area contributed by atoms with Gasteiger partial charge in [0.15, 0.2) is 21.5 Å². The number of sulfone groups is 1. The van der Waals surface area contributed by atoms with E-state index in [2.05, 4.69) is 5.32 Å². The summed E-state index contributed by atoms with van der Waals surface area (Å²) in [6.45, 7) is 5.59. The van der Waals surface area contributed by atoms with E-state index in [1.54, 1.807) is 18.7 Å². The number of likely N-dealkylation sites (N-methyl/N-ethyl adjacent to an activating group) is 1. The molecule has 0 saturated carbocycles. The molecule has 0 aromatic heterocycles. The number of hydrogen-bond donors (Lipinski definition) is 1. The van der Waals surface area contributed by atoms with Crippen molar-refractivity contribution in [2.75, 3.05) is 29.9 Å². The number of rotatable bonds is 8. The second-order valence-corrected chi connectivity index (χ2v) is 7.69. The van der Waals surface area contributed by atoms with Crippen LogP contribution in [0.15, 0.2) is 18.2 Å². The molecule has 1 rings (SSSR count). The molecule has 1 atom stereocenters. The minimum Gasteiger partial charge on any atom is -0.325 e. The summed E-state index contributed by atoms with van der Waals surface area (Å²) < 4.78 is 49.3. The summed E-state index contributed by atoms with van der Waals surface area (Å²) in [5.41, 5.74) is 0.152. The van der Waals surface area contributed by atoms with Crippen molar-refractivity contribution >= 4 is 21.4 Å². The highest BCUT2D eigenvalue weighted by molar-refractivity contribution is 7.91. The highest BCUT2D eigenvalue weighted by Crippen LogP contribution is 2.13. The summed E-state index contributed by atoms with van der Waals surface area (Å²) in [5.74, 6) is -2.43. The molecule has 23 heavy (non-hydrogen) atoms. The van der Waals surface area contributed by atoms with Crippen molar-refractivity contribution in [1.82, 2.24) is 4.90 Å². The normalized spacial score (nSPS) is 13.1. The summed E-state index contributed by atoms with van der Waals surface area (Å²) in [6.07, 6.45) is 0. The number of hydrogen-bond acceptors (Lipinski definition) is 4. The fraction of sp³-hybridized carbons (Fsp3) is 0.533. The molecule has 0 aliphatic heterocycles. The van der Waals surface area contributed by atoms with Crippen LogP contribution in [0.3, 0.4) is 0 Å². The van der Waals surface area contributed by atoms with Gasteiger partial charge in [-0.3, -0.25) is 9.69 Å². The van der Waals surface area contributed by atoms with Crippen molar-refractivity contribution in [1.29, 1.82) is 0 Å². The molecule has 0 radical (unpaired) electrons. The third kappa shape index (κ3) is 6.23. The molecule has 0 aliphatic carbocycles. The van der Waals surface area contributed by atoms with Crippen molar-refractivity contribution in [2.45, 2.75) is 26.8 Å². The first-order valence-corrected chi connectivity index (χ1v) is 9.20. The van der Waals surface area contributed by atoms with Crippen LogP contribution >= 0.6 is 0 Å². The third-order valence-electron chi connectivity index (χ3n) is 3.51. The van der Waals surface area contributed by atoms with Crippen molar-refractivity contribution < 1.29 is 22.0 Å². The Morgan fingerprint density at radius 1 is 1.26 bits per heavy atom. The molecule has 1 N–H and O–H groups in total. The molecular formula is C15H22F2N2O3S. The largest absolute Gasteiger partial charge is 0.325 e. The van der Waals surface area contributed by atoms with Gasteiger partial charge in [-0.1, -0.05) is 13.8 Å². The topological polar surface area (TPSA) is 66.5 Å². The summed E-state index contributed by atoms with van der Waals surface area (Å²) in [5, 5.41) is 2.47. The Hall–Kier alpha value is -1.54. The van der Waals surface area contributed by atoms with Gasteiger partial charge in [0, 0.05) is 23.5 Å². The van der Waals surface area contributed by atoms with E-state index in [0.29, 0.717) is 6.54 Å². The van der Waals surface area contributed by atoms with Gasteiger partial charge in [-0.15, -0.1) is 0 Å². The number of carbonyl (C=O) groups excluding carboxylic acids is 1. The molecule has 1 aromatic rings. The average molecular weight is 348 g/mol. The van der Waals surface area contributed by atoms with Crippen LogP contribution < -0.4 is 5.32 Å². The maximum Gasteiger partial charge on any atom is 0.238 e. The number of benzene rings is 1. The molecule has 8 heteroatoms. The minimum absolute atomic E-state index is 0.0318. The maximum absolute atomic E-state index is 13.1. The molecule has 0 spiro atoms. The van der Waals surface area contributed by atoms with Crippen LogP contribution in [-0.2, 0) is 14.6 Å². The smallest absolute Gasteiger partial charge is 0.238 e. The molecule has 0 heterocycles. The Morgan fingerprint density at radius 2 is 1.91 bits per heavy atom. The van der Waals surface area contributed by atoms with Gasteiger partial charge >= 0.3 is 0 Å². The van der Waals surface area contributed by atoms with E-state index in [0.717, 1.165) is 12.1 Å². The first kappa shape index (κ1) is 19.5. The number of halogens is 2. The maximum atomic E-state index is 13.1. The van der Waals surface area contributed by atoms with E-state index in [1.165, 1.54) is 6.07 Å². The van der Waals surface area contributed by atoms with Crippen LogP contribution in [0, 0.1) is 11.6 Å². The van der Waals surface area contributed by atoms with Crippen molar-refractivity contribution in [3.63, 3.8) is 0 Å². The SMILES string of the molecule is CCN(CC(=O)Nc1ccc(F)c(F)c1)C(C)CS(=O)(=O)CC. The minimum atomic E-state index is -3.14. The van der Waals surface area contributed by atoms with Gasteiger partial charge in [0.25, 0.3) is 0 Å². The molecule has 1 amide bonds. The van der Waals surface area contributed by atoms with E-state index in [4.69, 9.17) is 0 Å². The number of carbonyl (C=O) groups is 1. The van der Waals surface area contributed by atoms with Gasteiger partial charge in [-0.2, -0.15) is 0 Å². The molecule has 5 nitrogen and oxygen atoms in total. The Morgan fingerprint density at radius 3 is 2.43 bits per heavy atom. The van der Waals surface area contributed by atoms with E-state index in [-0.39, 0.29) is 29.8 Å². The van der Waals surface area contributed by atoms with Crippen LogP contribution in [0.25, 0.3) is 0 Å². The number of nitrogens with zero attached hydrogens (tertiary/aromatic N) is 1. The average Bonchev–Trinajstić information content (AvgIpc) is 2.48. The van der Waals surface area contributed by atoms with Crippen molar-refractivity contribution in [3.05, 3.63) is 29.8 Å². The lowest BCUT2D eigenvalue weighted by molar-refractivity contribution is -0.117. The molecule has 0 aliphatic rings. The van der Waals surface area contributed by atoms with E-state index in [1.807, 2.05) is 6.92 Å². The first-order valence-electron chi connectivity index (χ1n) is 7.37. The second kappa shape index (κ2) is 8.35. The van der Waals surface area contributed by atoms with E-state index in [9.17, 15) is 22.0 Å². The summed E-state index contributed by atoms with van der Waals surface area (Å²) in [7, 11) is -3.14. The van der Waals surface area contributed by atoms with Crippen LogP contribution in [0.2, 0.25) is 0 Å². The van der Waals surface area contributed by atoms with Gasteiger partial charge in [0.05, 0.1) is 12.3 Å². The Bertz CT molecular complexity index is 650. The lowest BCUT2D eigenvalue weighted by Crippen LogP contribution is -2.42. The lowest BCUT2D eigenvalue weighted by atomic mass is 10.3. The molecule has 130 valence electrons. The molecule has 0 saturated heterocycles. The summed E-state index contributed by atoms with van der Waals surface area (Å²) in [4.78, 5) is 13.7. The molecule has 1 aromatic carbocycles. The number of nitrogens with one attached hydrogen (secondary N) is 1. The third-order valence-corrected chi connectivity index (χ3v) is 5.38. The highest BCUT2D eigenvalue weighted by atomic mass is 32.2. The van der Waals surface area contributed by atoms with Crippen LogP contribution in [0.5, 0.6) is 0 Å². The van der Waals surface area contributed by atoms with Crippen LogP contribution in [0.1, 0.15) is 20.8 Å². The van der Waals surface area contributed by atoms with Crippen molar-refractivity contribution in [2.24, 2.45) is 0 Å². The zero-order chi connectivity index (χ0) is 17.6. The van der Waals surface area contributed by atoms with E-state index < -0.39 is 27.4 Å². The lowest BCUT2D eigenvalue weighted by Gasteiger charge is -2.26. The van der Waals surface area contributed by atoms with E-state index >= 15 is 0 Å². The predicted molar refractivity (Wildman–Crippen MR) is 86.0 cm³/mol. The molecule has 0 bridgehead atoms. The van der Waals surface area contributed by atoms with Crippen LogP contribution in [0.4, 0.5) is 14.5 Å². The number of amides is 1. The predicted octanol–water partition coefficient (Wildman–Crippen LogP) is 2.05.